The van der Waals surface area contributed by atoms with E-state index in [1.54, 1.807) is 29.5 Å². The highest BCUT2D eigenvalue weighted by Crippen LogP contribution is 2.28. The number of alkyl halides is 2. The number of rotatable bonds is 7. The number of aryl methyl sites for hydroxylation is 1. The zero-order valence-corrected chi connectivity index (χ0v) is 13.8. The molecule has 124 valence electrons. The minimum absolute atomic E-state index is 0.0987. The van der Waals surface area contributed by atoms with Crippen molar-refractivity contribution in [3.05, 3.63) is 51.7 Å². The predicted octanol–water partition coefficient (Wildman–Crippen LogP) is 4.47. The largest absolute Gasteiger partial charge is 0.434 e. The molecule has 0 aliphatic rings. The van der Waals surface area contributed by atoms with Gasteiger partial charge >= 0.3 is 6.61 Å². The first kappa shape index (κ1) is 17.4. The van der Waals surface area contributed by atoms with Crippen LogP contribution in [0, 0.1) is 6.92 Å². The standard InChI is InChI=1S/C17H19F2NO2S/c1-3-14(13-6-4-5-7-15(13)22-17(18)19)20-16(21)10-12-9-8-11(2)23-12/h4-9,14,17H,3,10H2,1-2H3,(H,20,21). The van der Waals surface area contributed by atoms with Gasteiger partial charge in [0.2, 0.25) is 5.91 Å². The van der Waals surface area contributed by atoms with Crippen LogP contribution in [0.15, 0.2) is 36.4 Å². The van der Waals surface area contributed by atoms with Crippen LogP contribution in [-0.2, 0) is 11.2 Å². The van der Waals surface area contributed by atoms with Crippen LogP contribution in [0.4, 0.5) is 8.78 Å². The van der Waals surface area contributed by atoms with Crippen LogP contribution >= 0.6 is 11.3 Å². The van der Waals surface area contributed by atoms with E-state index in [1.807, 2.05) is 26.0 Å². The molecular weight excluding hydrogens is 320 g/mol. The minimum atomic E-state index is -2.89. The van der Waals surface area contributed by atoms with E-state index in [-0.39, 0.29) is 24.1 Å². The van der Waals surface area contributed by atoms with Gasteiger partial charge < -0.3 is 10.1 Å². The predicted molar refractivity (Wildman–Crippen MR) is 87.0 cm³/mol. The smallest absolute Gasteiger partial charge is 0.387 e. The molecule has 0 saturated heterocycles. The Morgan fingerprint density at radius 2 is 2.00 bits per heavy atom. The summed E-state index contributed by atoms with van der Waals surface area (Å²) >= 11 is 1.57. The molecule has 1 unspecified atom stereocenters. The first-order chi connectivity index (χ1) is 11.0. The molecule has 3 nitrogen and oxygen atoms in total. The van der Waals surface area contributed by atoms with Crippen LogP contribution in [0.25, 0.3) is 0 Å². The highest BCUT2D eigenvalue weighted by Gasteiger charge is 2.19. The van der Waals surface area contributed by atoms with Gasteiger partial charge in [0, 0.05) is 15.3 Å². The average Bonchev–Trinajstić information content (AvgIpc) is 2.90. The maximum Gasteiger partial charge on any atom is 0.387 e. The highest BCUT2D eigenvalue weighted by atomic mass is 32.1. The zero-order chi connectivity index (χ0) is 16.8. The van der Waals surface area contributed by atoms with E-state index < -0.39 is 6.61 Å². The van der Waals surface area contributed by atoms with Gasteiger partial charge in [-0.15, -0.1) is 11.3 Å². The van der Waals surface area contributed by atoms with E-state index in [1.165, 1.54) is 6.07 Å². The lowest BCUT2D eigenvalue weighted by Gasteiger charge is -2.20. The van der Waals surface area contributed by atoms with Crippen LogP contribution in [0.3, 0.4) is 0 Å². The van der Waals surface area contributed by atoms with Crippen molar-refractivity contribution in [3.8, 4) is 5.75 Å². The number of carbonyl (C=O) groups excluding carboxylic acids is 1. The quantitative estimate of drug-likeness (QED) is 0.808. The zero-order valence-electron chi connectivity index (χ0n) is 13.0. The lowest BCUT2D eigenvalue weighted by atomic mass is 10.0. The molecule has 0 aliphatic heterocycles. The molecule has 0 radical (unpaired) electrons. The number of para-hydroxylation sites is 1. The molecule has 1 aromatic carbocycles. The Morgan fingerprint density at radius 1 is 1.26 bits per heavy atom. The molecule has 0 aliphatic carbocycles. The summed E-state index contributed by atoms with van der Waals surface area (Å²) in [5.41, 5.74) is 0.561. The van der Waals surface area contributed by atoms with Crippen LogP contribution in [0.5, 0.6) is 5.75 Å². The summed E-state index contributed by atoms with van der Waals surface area (Å²) in [6.07, 6.45) is 0.867. The summed E-state index contributed by atoms with van der Waals surface area (Å²) in [7, 11) is 0. The second-order valence-corrected chi connectivity index (χ2v) is 6.51. The number of nitrogens with one attached hydrogen (secondary N) is 1. The van der Waals surface area contributed by atoms with Gasteiger partial charge in [-0.1, -0.05) is 25.1 Å². The molecule has 1 atom stereocenters. The van der Waals surface area contributed by atoms with E-state index in [4.69, 9.17) is 0 Å². The first-order valence-corrected chi connectivity index (χ1v) is 8.19. The van der Waals surface area contributed by atoms with Crippen molar-refractivity contribution < 1.29 is 18.3 Å². The Hall–Kier alpha value is -1.95. The topological polar surface area (TPSA) is 38.3 Å². The maximum absolute atomic E-state index is 12.5. The summed E-state index contributed by atoms with van der Waals surface area (Å²) < 4.78 is 29.6. The lowest BCUT2D eigenvalue weighted by molar-refractivity contribution is -0.121. The van der Waals surface area contributed by atoms with Gasteiger partial charge in [0.25, 0.3) is 0 Å². The van der Waals surface area contributed by atoms with Crippen molar-refractivity contribution in [2.75, 3.05) is 0 Å². The van der Waals surface area contributed by atoms with Crippen molar-refractivity contribution in [2.24, 2.45) is 0 Å². The number of ether oxygens (including phenoxy) is 1. The number of hydrogen-bond acceptors (Lipinski definition) is 3. The Balaban J connectivity index is 2.09. The summed E-state index contributed by atoms with van der Waals surface area (Å²) in [5.74, 6) is -0.0350. The first-order valence-electron chi connectivity index (χ1n) is 7.38. The molecule has 23 heavy (non-hydrogen) atoms. The van der Waals surface area contributed by atoms with E-state index in [0.717, 1.165) is 9.75 Å². The van der Waals surface area contributed by atoms with Crippen LogP contribution in [0.2, 0.25) is 0 Å². The Bertz CT molecular complexity index is 658. The van der Waals surface area contributed by atoms with Gasteiger partial charge in [0.1, 0.15) is 5.75 Å². The van der Waals surface area contributed by atoms with Gasteiger partial charge in [0.05, 0.1) is 12.5 Å². The molecule has 1 aromatic heterocycles. The van der Waals surface area contributed by atoms with E-state index in [9.17, 15) is 13.6 Å². The van der Waals surface area contributed by atoms with Gasteiger partial charge in [-0.3, -0.25) is 4.79 Å². The Labute approximate surface area is 138 Å². The lowest BCUT2D eigenvalue weighted by Crippen LogP contribution is -2.29. The molecule has 6 heteroatoms. The molecule has 0 saturated carbocycles. The van der Waals surface area contributed by atoms with E-state index >= 15 is 0 Å². The van der Waals surface area contributed by atoms with E-state index in [2.05, 4.69) is 10.1 Å². The highest BCUT2D eigenvalue weighted by molar-refractivity contribution is 7.12. The van der Waals surface area contributed by atoms with Crippen LogP contribution < -0.4 is 10.1 Å². The maximum atomic E-state index is 12.5. The van der Waals surface area contributed by atoms with E-state index in [0.29, 0.717) is 12.0 Å². The number of carbonyl (C=O) groups is 1. The molecular formula is C17H19F2NO2S. The molecule has 2 rings (SSSR count). The van der Waals surface area contributed by atoms with Crippen molar-refractivity contribution in [3.63, 3.8) is 0 Å². The summed E-state index contributed by atoms with van der Waals surface area (Å²) in [5, 5.41) is 2.90. The number of thiophene rings is 1. The molecule has 1 N–H and O–H groups in total. The third-order valence-electron chi connectivity index (χ3n) is 3.38. The Morgan fingerprint density at radius 3 is 2.61 bits per heavy atom. The monoisotopic (exact) mass is 339 g/mol. The van der Waals surface area contributed by atoms with Gasteiger partial charge in [-0.25, -0.2) is 0 Å². The van der Waals surface area contributed by atoms with Crippen molar-refractivity contribution in [1.29, 1.82) is 0 Å². The number of halogens is 2. The van der Waals surface area contributed by atoms with Crippen molar-refractivity contribution in [2.45, 2.75) is 39.3 Å². The van der Waals surface area contributed by atoms with Crippen LogP contribution in [0.1, 0.15) is 34.7 Å². The van der Waals surface area contributed by atoms with Gasteiger partial charge in [-0.05, 0) is 31.5 Å². The average molecular weight is 339 g/mol. The third kappa shape index (κ3) is 5.03. The number of hydrogen-bond donors (Lipinski definition) is 1. The van der Waals surface area contributed by atoms with Crippen molar-refractivity contribution >= 4 is 17.2 Å². The minimum Gasteiger partial charge on any atom is -0.434 e. The third-order valence-corrected chi connectivity index (χ3v) is 4.39. The second-order valence-electron chi connectivity index (χ2n) is 5.13. The molecule has 1 amide bonds. The molecule has 2 aromatic rings. The fraction of sp³-hybridized carbons (Fsp3) is 0.353. The fourth-order valence-electron chi connectivity index (χ4n) is 2.36. The summed E-state index contributed by atoms with van der Waals surface area (Å²) in [6.45, 7) is 0.983. The second kappa shape index (κ2) is 8.06. The van der Waals surface area contributed by atoms with Gasteiger partial charge in [0.15, 0.2) is 0 Å². The summed E-state index contributed by atoms with van der Waals surface area (Å²) in [6, 6.07) is 10.1. The Kier molecular flexibility index (Phi) is 6.10. The van der Waals surface area contributed by atoms with Crippen LogP contribution in [-0.4, -0.2) is 12.5 Å². The molecule has 0 bridgehead atoms. The molecule has 0 fully saturated rings. The molecule has 0 spiro atoms. The number of amides is 1. The van der Waals surface area contributed by atoms with Gasteiger partial charge in [-0.2, -0.15) is 8.78 Å². The van der Waals surface area contributed by atoms with Crippen molar-refractivity contribution in [1.82, 2.24) is 5.32 Å². The fourth-order valence-corrected chi connectivity index (χ4v) is 3.24. The molecule has 1 heterocycles. The number of benzene rings is 1. The normalized spacial score (nSPS) is 12.2. The SMILES string of the molecule is CCC(NC(=O)Cc1ccc(C)s1)c1ccccc1OC(F)F. The summed E-state index contributed by atoms with van der Waals surface area (Å²) in [4.78, 5) is 14.3.